The fourth-order valence-electron chi connectivity index (χ4n) is 1.13. The van der Waals surface area contributed by atoms with Crippen LogP contribution >= 0.6 is 0 Å². The van der Waals surface area contributed by atoms with E-state index in [1.165, 1.54) is 0 Å². The number of ether oxygens (including phenoxy) is 1. The van der Waals surface area contributed by atoms with Crippen LogP contribution in [0.1, 0.15) is 5.56 Å². The summed E-state index contributed by atoms with van der Waals surface area (Å²) in [4.78, 5) is 21.9. The lowest BCUT2D eigenvalue weighted by atomic mass is 10.1. The average Bonchev–Trinajstić information content (AvgIpc) is 2.35. The molecule has 0 fully saturated rings. The van der Waals surface area contributed by atoms with Gasteiger partial charge in [0.05, 0.1) is 0 Å². The standard InChI is InChI=1S/C11H14N2O4/c12-8(10(14)15)9(13)11(16)17-6-7-4-2-1-3-5-7/h1-5,8-9H,6,12-13H2,(H,14,15). The second-order valence-corrected chi connectivity index (χ2v) is 3.48. The molecule has 0 saturated heterocycles. The van der Waals surface area contributed by atoms with Gasteiger partial charge in [0.1, 0.15) is 18.7 Å². The van der Waals surface area contributed by atoms with Gasteiger partial charge in [-0.2, -0.15) is 0 Å². The van der Waals surface area contributed by atoms with Gasteiger partial charge < -0.3 is 21.3 Å². The van der Waals surface area contributed by atoms with Crippen molar-refractivity contribution in [3.8, 4) is 0 Å². The van der Waals surface area contributed by atoms with Gasteiger partial charge in [-0.15, -0.1) is 0 Å². The van der Waals surface area contributed by atoms with Crippen molar-refractivity contribution >= 4 is 11.9 Å². The van der Waals surface area contributed by atoms with Crippen molar-refractivity contribution in [3.05, 3.63) is 35.9 Å². The molecule has 6 nitrogen and oxygen atoms in total. The number of benzene rings is 1. The average molecular weight is 238 g/mol. The molecule has 0 radical (unpaired) electrons. The first-order valence-electron chi connectivity index (χ1n) is 4.97. The van der Waals surface area contributed by atoms with Gasteiger partial charge in [-0.3, -0.25) is 9.59 Å². The van der Waals surface area contributed by atoms with E-state index in [2.05, 4.69) is 0 Å². The molecule has 1 aromatic carbocycles. The zero-order chi connectivity index (χ0) is 12.8. The van der Waals surface area contributed by atoms with Crippen molar-refractivity contribution < 1.29 is 19.4 Å². The first kappa shape index (κ1) is 13.1. The van der Waals surface area contributed by atoms with Crippen LogP contribution in [-0.2, 0) is 20.9 Å². The molecule has 2 unspecified atom stereocenters. The topological polar surface area (TPSA) is 116 Å². The van der Waals surface area contributed by atoms with Gasteiger partial charge in [0.15, 0.2) is 0 Å². The maximum absolute atomic E-state index is 11.4. The summed E-state index contributed by atoms with van der Waals surface area (Å²) in [7, 11) is 0. The van der Waals surface area contributed by atoms with E-state index in [0.29, 0.717) is 0 Å². The van der Waals surface area contributed by atoms with Crippen LogP contribution < -0.4 is 11.5 Å². The third-order valence-corrected chi connectivity index (χ3v) is 2.17. The van der Waals surface area contributed by atoms with Crippen molar-refractivity contribution in [1.82, 2.24) is 0 Å². The molecule has 0 heterocycles. The summed E-state index contributed by atoms with van der Waals surface area (Å²) in [6, 6.07) is 6.15. The molecule has 92 valence electrons. The van der Waals surface area contributed by atoms with Crippen LogP contribution in [0, 0.1) is 0 Å². The van der Waals surface area contributed by atoms with Crippen molar-refractivity contribution in [3.63, 3.8) is 0 Å². The van der Waals surface area contributed by atoms with E-state index in [9.17, 15) is 9.59 Å². The Balaban J connectivity index is 2.47. The number of nitrogens with two attached hydrogens (primary N) is 2. The molecule has 0 bridgehead atoms. The zero-order valence-electron chi connectivity index (χ0n) is 9.08. The molecule has 0 aliphatic rings. The third-order valence-electron chi connectivity index (χ3n) is 2.17. The minimum absolute atomic E-state index is 0.0414. The summed E-state index contributed by atoms with van der Waals surface area (Å²) in [6.45, 7) is 0.0414. The SMILES string of the molecule is NC(C(=O)O)C(N)C(=O)OCc1ccccc1. The van der Waals surface area contributed by atoms with Crippen LogP contribution in [-0.4, -0.2) is 29.1 Å². The van der Waals surface area contributed by atoms with E-state index in [4.69, 9.17) is 21.3 Å². The predicted octanol–water partition coefficient (Wildman–Crippen LogP) is -0.531. The molecule has 0 spiro atoms. The molecule has 2 atom stereocenters. The molecule has 0 aliphatic carbocycles. The van der Waals surface area contributed by atoms with E-state index in [0.717, 1.165) is 5.56 Å². The van der Waals surface area contributed by atoms with Gasteiger partial charge in [0.25, 0.3) is 0 Å². The quantitative estimate of drug-likeness (QED) is 0.594. The summed E-state index contributed by atoms with van der Waals surface area (Å²) in [5, 5.41) is 8.57. The minimum atomic E-state index is -1.46. The highest BCUT2D eigenvalue weighted by Gasteiger charge is 2.28. The number of hydrogen-bond donors (Lipinski definition) is 3. The second-order valence-electron chi connectivity index (χ2n) is 3.48. The van der Waals surface area contributed by atoms with E-state index in [-0.39, 0.29) is 6.61 Å². The summed E-state index contributed by atoms with van der Waals surface area (Å²) in [6.07, 6.45) is 0. The Hall–Kier alpha value is -1.92. The summed E-state index contributed by atoms with van der Waals surface area (Å²) >= 11 is 0. The lowest BCUT2D eigenvalue weighted by Gasteiger charge is -2.14. The second kappa shape index (κ2) is 5.97. The molecule has 1 aromatic rings. The predicted molar refractivity (Wildman–Crippen MR) is 59.8 cm³/mol. The van der Waals surface area contributed by atoms with Crippen molar-refractivity contribution in [2.45, 2.75) is 18.7 Å². The molecule has 6 heteroatoms. The normalized spacial score (nSPS) is 13.8. The molecular weight excluding hydrogens is 224 g/mol. The Kier molecular flexibility index (Phi) is 4.62. The minimum Gasteiger partial charge on any atom is -0.480 e. The Morgan fingerprint density at radius 3 is 2.29 bits per heavy atom. The van der Waals surface area contributed by atoms with Gasteiger partial charge in [-0.05, 0) is 5.56 Å². The molecule has 17 heavy (non-hydrogen) atoms. The van der Waals surface area contributed by atoms with Crippen molar-refractivity contribution in [2.24, 2.45) is 11.5 Å². The van der Waals surface area contributed by atoms with Crippen LogP contribution in [0.25, 0.3) is 0 Å². The number of carboxylic acids is 1. The maximum atomic E-state index is 11.4. The van der Waals surface area contributed by atoms with Crippen molar-refractivity contribution in [1.29, 1.82) is 0 Å². The molecule has 0 saturated carbocycles. The number of carboxylic acid groups (broad SMARTS) is 1. The van der Waals surface area contributed by atoms with Gasteiger partial charge in [0.2, 0.25) is 0 Å². The highest BCUT2D eigenvalue weighted by Crippen LogP contribution is 2.02. The van der Waals surface area contributed by atoms with Crippen molar-refractivity contribution in [2.75, 3.05) is 0 Å². The van der Waals surface area contributed by atoms with E-state index in [1.807, 2.05) is 6.07 Å². The van der Waals surface area contributed by atoms with Crippen LogP contribution in [0.15, 0.2) is 30.3 Å². The van der Waals surface area contributed by atoms with Crippen LogP contribution in [0.5, 0.6) is 0 Å². The smallest absolute Gasteiger partial charge is 0.325 e. The Bertz CT molecular complexity index is 394. The maximum Gasteiger partial charge on any atom is 0.325 e. The zero-order valence-corrected chi connectivity index (χ0v) is 9.08. The van der Waals surface area contributed by atoms with Crippen LogP contribution in [0.4, 0.5) is 0 Å². The van der Waals surface area contributed by atoms with Gasteiger partial charge in [-0.1, -0.05) is 30.3 Å². The molecule has 0 aliphatic heterocycles. The number of rotatable bonds is 5. The third kappa shape index (κ3) is 3.86. The fourth-order valence-corrected chi connectivity index (χ4v) is 1.13. The number of carbonyl (C=O) groups is 2. The summed E-state index contributed by atoms with van der Waals surface area (Å²) in [5.41, 5.74) is 11.3. The lowest BCUT2D eigenvalue weighted by molar-refractivity contribution is -0.151. The number of hydrogen-bond acceptors (Lipinski definition) is 5. The van der Waals surface area contributed by atoms with Gasteiger partial charge in [-0.25, -0.2) is 0 Å². The number of aliphatic carboxylic acids is 1. The first-order valence-corrected chi connectivity index (χ1v) is 4.97. The Morgan fingerprint density at radius 1 is 1.18 bits per heavy atom. The molecule has 0 amide bonds. The number of esters is 1. The van der Waals surface area contributed by atoms with Gasteiger partial charge in [0, 0.05) is 0 Å². The largest absolute Gasteiger partial charge is 0.480 e. The highest BCUT2D eigenvalue weighted by atomic mass is 16.5. The Labute approximate surface area is 98.2 Å². The highest BCUT2D eigenvalue weighted by molar-refractivity contribution is 5.85. The summed E-state index contributed by atoms with van der Waals surface area (Å²) < 4.78 is 4.85. The Morgan fingerprint density at radius 2 is 1.76 bits per heavy atom. The fraction of sp³-hybridized carbons (Fsp3) is 0.273. The van der Waals surface area contributed by atoms with E-state index >= 15 is 0 Å². The van der Waals surface area contributed by atoms with E-state index in [1.54, 1.807) is 24.3 Å². The molecular formula is C11H14N2O4. The van der Waals surface area contributed by atoms with Gasteiger partial charge >= 0.3 is 11.9 Å². The monoisotopic (exact) mass is 238 g/mol. The number of carbonyl (C=O) groups excluding carboxylic acids is 1. The van der Waals surface area contributed by atoms with Crippen LogP contribution in [0.2, 0.25) is 0 Å². The molecule has 0 aromatic heterocycles. The van der Waals surface area contributed by atoms with E-state index < -0.39 is 24.0 Å². The lowest BCUT2D eigenvalue weighted by Crippen LogP contribution is -2.52. The van der Waals surface area contributed by atoms with Crippen LogP contribution in [0.3, 0.4) is 0 Å². The molecule has 1 rings (SSSR count). The molecule has 5 N–H and O–H groups in total. The first-order chi connectivity index (χ1) is 8.02. The summed E-state index contributed by atoms with van der Waals surface area (Å²) in [5.74, 6) is -2.17.